The molecule has 4 aromatic carbocycles. The summed E-state index contributed by atoms with van der Waals surface area (Å²) in [5.41, 5.74) is 3.68. The Hall–Kier alpha value is -4.25. The first-order chi connectivity index (χ1) is 21.6. The van der Waals surface area contributed by atoms with Crippen molar-refractivity contribution < 1.29 is 27.4 Å². The molecule has 45 heavy (non-hydrogen) atoms. The number of ether oxygens (including phenoxy) is 1. The zero-order valence-corrected chi connectivity index (χ0v) is 26.4. The van der Waals surface area contributed by atoms with Gasteiger partial charge in [0.15, 0.2) is 5.75 Å². The molecular weight excluding hydrogens is 593 g/mol. The van der Waals surface area contributed by atoms with Crippen LogP contribution in [0.1, 0.15) is 29.8 Å². The van der Waals surface area contributed by atoms with E-state index >= 15 is 0 Å². The molecule has 2 N–H and O–H groups in total. The minimum Gasteiger partial charge on any atom is -0.486 e. The molecule has 236 valence electrons. The number of para-hydroxylation sites is 1. The Morgan fingerprint density at radius 2 is 1.64 bits per heavy atom. The molecule has 3 atom stereocenters. The number of carbonyl (C=O) groups excluding carboxylic acids is 1. The second-order valence-corrected chi connectivity index (χ2v) is 13.3. The van der Waals surface area contributed by atoms with E-state index in [4.69, 9.17) is 4.74 Å². The van der Waals surface area contributed by atoms with Gasteiger partial charge in [-0.2, -0.15) is 0 Å². The van der Waals surface area contributed by atoms with Gasteiger partial charge in [0.1, 0.15) is 11.9 Å². The van der Waals surface area contributed by atoms with Crippen LogP contribution in [0.4, 0.5) is 10.1 Å². The summed E-state index contributed by atoms with van der Waals surface area (Å²) < 4.78 is 49.1. The number of anilines is 1. The fraction of sp³-hybridized carbons (Fsp3) is 0.286. The fourth-order valence-electron chi connectivity index (χ4n) is 5.48. The maximum atomic E-state index is 13.8. The van der Waals surface area contributed by atoms with Crippen LogP contribution < -0.4 is 9.46 Å². The van der Waals surface area contributed by atoms with Gasteiger partial charge >= 0.3 is 0 Å². The summed E-state index contributed by atoms with van der Waals surface area (Å²) in [6, 6.07) is 27.3. The minimum atomic E-state index is -4.13. The SMILES string of the molecule is C[C@H]1CN([C@@H](C)CO)C(=O)c2cccc(NS(=O)(=O)c3ccc(F)cc3)c2O[C@@H]1CN(C)Cc1ccc(-c2ccccc2)cc1. The van der Waals surface area contributed by atoms with Crippen LogP contribution in [0.3, 0.4) is 0 Å². The normalized spacial score (nSPS) is 17.6. The summed E-state index contributed by atoms with van der Waals surface area (Å²) in [4.78, 5) is 17.4. The highest BCUT2D eigenvalue weighted by atomic mass is 32.2. The molecule has 5 rings (SSSR count). The van der Waals surface area contributed by atoms with E-state index in [1.165, 1.54) is 18.2 Å². The van der Waals surface area contributed by atoms with Crippen LogP contribution in [0.15, 0.2) is 102 Å². The number of nitrogens with zero attached hydrogens (tertiary/aromatic N) is 2. The summed E-state index contributed by atoms with van der Waals surface area (Å²) >= 11 is 0. The van der Waals surface area contributed by atoms with Crippen molar-refractivity contribution in [3.63, 3.8) is 0 Å². The largest absolute Gasteiger partial charge is 0.486 e. The van der Waals surface area contributed by atoms with Gasteiger partial charge in [-0.3, -0.25) is 14.4 Å². The Morgan fingerprint density at radius 3 is 2.31 bits per heavy atom. The number of rotatable bonds is 10. The van der Waals surface area contributed by atoms with Gasteiger partial charge < -0.3 is 14.7 Å². The topological polar surface area (TPSA) is 99.2 Å². The molecule has 4 aromatic rings. The van der Waals surface area contributed by atoms with Crippen molar-refractivity contribution in [2.75, 3.05) is 31.5 Å². The number of aliphatic hydroxyl groups is 1. The minimum absolute atomic E-state index is 0.0973. The summed E-state index contributed by atoms with van der Waals surface area (Å²) in [5, 5.41) is 9.97. The summed E-state index contributed by atoms with van der Waals surface area (Å²) in [6.45, 7) is 4.99. The van der Waals surface area contributed by atoms with Crippen LogP contribution in [-0.2, 0) is 16.6 Å². The van der Waals surface area contributed by atoms with Crippen LogP contribution in [0.5, 0.6) is 5.75 Å². The molecule has 1 aliphatic heterocycles. The van der Waals surface area contributed by atoms with Crippen molar-refractivity contribution in [3.05, 3.63) is 114 Å². The predicted molar refractivity (Wildman–Crippen MR) is 173 cm³/mol. The van der Waals surface area contributed by atoms with E-state index in [-0.39, 0.29) is 40.3 Å². The molecule has 0 radical (unpaired) electrons. The molecule has 10 heteroatoms. The van der Waals surface area contributed by atoms with E-state index in [1.54, 1.807) is 24.0 Å². The van der Waals surface area contributed by atoms with E-state index in [9.17, 15) is 22.7 Å². The first-order valence-corrected chi connectivity index (χ1v) is 16.4. The van der Waals surface area contributed by atoms with Crippen LogP contribution in [0.2, 0.25) is 0 Å². The number of nitrogens with one attached hydrogen (secondary N) is 1. The molecule has 0 saturated carbocycles. The second-order valence-electron chi connectivity index (χ2n) is 11.6. The number of aliphatic hydroxyl groups excluding tert-OH is 1. The molecule has 8 nitrogen and oxygen atoms in total. The van der Waals surface area contributed by atoms with Crippen molar-refractivity contribution in [2.24, 2.45) is 5.92 Å². The van der Waals surface area contributed by atoms with Crippen LogP contribution in [-0.4, -0.2) is 68.1 Å². The van der Waals surface area contributed by atoms with Gasteiger partial charge in [-0.25, -0.2) is 12.8 Å². The zero-order chi connectivity index (χ0) is 32.1. The van der Waals surface area contributed by atoms with Gasteiger partial charge in [-0.1, -0.05) is 67.6 Å². The van der Waals surface area contributed by atoms with Gasteiger partial charge in [0, 0.05) is 25.6 Å². The van der Waals surface area contributed by atoms with Crippen molar-refractivity contribution in [1.29, 1.82) is 0 Å². The highest BCUT2D eigenvalue weighted by molar-refractivity contribution is 7.92. The Bertz CT molecular complexity index is 1720. The quantitative estimate of drug-likeness (QED) is 0.235. The van der Waals surface area contributed by atoms with E-state index in [0.717, 1.165) is 28.8 Å². The lowest BCUT2D eigenvalue weighted by Gasteiger charge is -2.38. The van der Waals surface area contributed by atoms with Gasteiger partial charge in [-0.05, 0) is 67.1 Å². The van der Waals surface area contributed by atoms with Gasteiger partial charge in [0.2, 0.25) is 0 Å². The number of fused-ring (bicyclic) bond motifs is 1. The van der Waals surface area contributed by atoms with Crippen molar-refractivity contribution in [3.8, 4) is 16.9 Å². The smallest absolute Gasteiger partial charge is 0.262 e. The fourth-order valence-corrected chi connectivity index (χ4v) is 6.54. The average Bonchev–Trinajstić information content (AvgIpc) is 3.03. The number of benzene rings is 4. The van der Waals surface area contributed by atoms with Crippen LogP contribution in [0, 0.1) is 11.7 Å². The first-order valence-electron chi connectivity index (χ1n) is 14.9. The lowest BCUT2D eigenvalue weighted by molar-refractivity contribution is 0.0344. The Labute approximate surface area is 264 Å². The number of likely N-dealkylation sites (N-methyl/N-ethyl adjacent to an activating group) is 1. The third-order valence-electron chi connectivity index (χ3n) is 8.06. The van der Waals surface area contributed by atoms with Gasteiger partial charge in [0.25, 0.3) is 15.9 Å². The van der Waals surface area contributed by atoms with Crippen molar-refractivity contribution in [1.82, 2.24) is 9.80 Å². The maximum Gasteiger partial charge on any atom is 0.262 e. The molecule has 0 spiro atoms. The van der Waals surface area contributed by atoms with Crippen LogP contribution >= 0.6 is 0 Å². The van der Waals surface area contributed by atoms with Crippen LogP contribution in [0.25, 0.3) is 11.1 Å². The van der Waals surface area contributed by atoms with E-state index < -0.39 is 28.0 Å². The third-order valence-corrected chi connectivity index (χ3v) is 9.45. The maximum absolute atomic E-state index is 13.8. The second kappa shape index (κ2) is 13.8. The summed E-state index contributed by atoms with van der Waals surface area (Å²) in [7, 11) is -2.14. The molecule has 0 fully saturated rings. The molecule has 1 aliphatic rings. The summed E-state index contributed by atoms with van der Waals surface area (Å²) in [6.07, 6.45) is -0.435. The monoisotopic (exact) mass is 631 g/mol. The molecular formula is C35H38FN3O5S. The molecule has 0 aliphatic carbocycles. The molecule has 0 unspecified atom stereocenters. The standard InChI is InChI=1S/C35H38FN3O5S/c1-24-20-39(25(2)23-40)35(41)31-10-7-11-32(37-45(42,43)30-18-16-29(36)17-19-30)34(31)44-33(24)22-38(3)21-26-12-14-28(15-13-26)27-8-5-4-6-9-27/h4-19,24-25,33,37,40H,20-23H2,1-3H3/t24-,25-,33+/m0/s1. The number of sulfonamides is 1. The highest BCUT2D eigenvalue weighted by Crippen LogP contribution is 2.36. The number of amides is 1. The number of hydrogen-bond donors (Lipinski definition) is 2. The van der Waals surface area contributed by atoms with Crippen molar-refractivity contribution in [2.45, 2.75) is 37.4 Å². The lowest BCUT2D eigenvalue weighted by atomic mass is 9.98. The predicted octanol–water partition coefficient (Wildman–Crippen LogP) is 5.65. The molecule has 1 heterocycles. The molecule has 0 bridgehead atoms. The number of hydrogen-bond acceptors (Lipinski definition) is 6. The zero-order valence-electron chi connectivity index (χ0n) is 25.6. The van der Waals surface area contributed by atoms with Gasteiger partial charge in [-0.15, -0.1) is 0 Å². The Morgan fingerprint density at radius 1 is 0.978 bits per heavy atom. The van der Waals surface area contributed by atoms with Crippen molar-refractivity contribution >= 4 is 21.6 Å². The summed E-state index contributed by atoms with van der Waals surface area (Å²) in [5.74, 6) is -0.980. The lowest BCUT2D eigenvalue weighted by Crippen LogP contribution is -2.49. The molecule has 1 amide bonds. The van der Waals surface area contributed by atoms with E-state index in [1.807, 2.05) is 32.2 Å². The third kappa shape index (κ3) is 7.53. The molecule has 0 aromatic heterocycles. The molecule has 0 saturated heterocycles. The average molecular weight is 632 g/mol. The number of carbonyl (C=O) groups is 1. The number of halogens is 1. The van der Waals surface area contributed by atoms with E-state index in [2.05, 4.69) is 46.0 Å². The Balaban J connectivity index is 1.42. The Kier molecular flexibility index (Phi) is 9.86. The first kappa shape index (κ1) is 32.2. The highest BCUT2D eigenvalue weighted by Gasteiger charge is 2.35. The van der Waals surface area contributed by atoms with E-state index in [0.29, 0.717) is 19.6 Å². The van der Waals surface area contributed by atoms with Gasteiger partial charge in [0.05, 0.1) is 28.8 Å².